The van der Waals surface area contributed by atoms with Gasteiger partial charge in [0.15, 0.2) is 0 Å². The minimum absolute atomic E-state index is 0.170. The molecule has 0 aliphatic rings. The van der Waals surface area contributed by atoms with Gasteiger partial charge in [0.25, 0.3) is 0 Å². The summed E-state index contributed by atoms with van der Waals surface area (Å²) in [6, 6.07) is 22.1. The molecule has 3 rings (SSSR count). The van der Waals surface area contributed by atoms with Gasteiger partial charge < -0.3 is 10.2 Å². The second kappa shape index (κ2) is 14.1. The Labute approximate surface area is 239 Å². The fourth-order valence-corrected chi connectivity index (χ4v) is 5.81. The maximum Gasteiger partial charge on any atom is 0.244 e. The van der Waals surface area contributed by atoms with Gasteiger partial charge in [-0.05, 0) is 49.4 Å². The van der Waals surface area contributed by atoms with E-state index in [1.807, 2.05) is 93.6 Å². The molecular weight excluding hydrogens is 522 g/mol. The van der Waals surface area contributed by atoms with Gasteiger partial charge in [0, 0.05) is 19.5 Å². The number of sulfonamides is 1. The number of nitrogens with one attached hydrogen (secondary N) is 1. The van der Waals surface area contributed by atoms with Crippen LogP contribution in [0.4, 0.5) is 5.69 Å². The summed E-state index contributed by atoms with van der Waals surface area (Å²) in [6.45, 7) is 7.94. The quantitative estimate of drug-likeness (QED) is 0.299. The maximum absolute atomic E-state index is 14.2. The first kappa shape index (κ1) is 30.9. The normalized spacial score (nSPS) is 12.0. The van der Waals surface area contributed by atoms with Gasteiger partial charge >= 0.3 is 0 Å². The van der Waals surface area contributed by atoms with Crippen LogP contribution in [0.15, 0.2) is 72.8 Å². The van der Waals surface area contributed by atoms with Crippen molar-refractivity contribution in [1.82, 2.24) is 10.2 Å². The largest absolute Gasteiger partial charge is 0.354 e. The van der Waals surface area contributed by atoms with Gasteiger partial charge in [0.05, 0.1) is 11.9 Å². The van der Waals surface area contributed by atoms with Gasteiger partial charge in [-0.2, -0.15) is 0 Å². The van der Waals surface area contributed by atoms with E-state index in [4.69, 9.17) is 0 Å². The van der Waals surface area contributed by atoms with Gasteiger partial charge in [0.2, 0.25) is 21.8 Å². The van der Waals surface area contributed by atoms with E-state index in [2.05, 4.69) is 12.2 Å². The number of hydrogen-bond donors (Lipinski definition) is 1. The number of benzene rings is 3. The minimum atomic E-state index is -3.81. The molecule has 1 N–H and O–H groups in total. The highest BCUT2D eigenvalue weighted by molar-refractivity contribution is 7.92. The van der Waals surface area contributed by atoms with Crippen LogP contribution < -0.4 is 9.62 Å². The van der Waals surface area contributed by atoms with Gasteiger partial charge in [-0.1, -0.05) is 91.7 Å². The highest BCUT2D eigenvalue weighted by Crippen LogP contribution is 2.27. The topological polar surface area (TPSA) is 86.8 Å². The molecule has 3 aromatic rings. The Morgan fingerprint density at radius 2 is 1.50 bits per heavy atom. The molecule has 0 saturated carbocycles. The van der Waals surface area contributed by atoms with E-state index >= 15 is 0 Å². The van der Waals surface area contributed by atoms with Crippen molar-refractivity contribution in [2.75, 3.05) is 23.7 Å². The van der Waals surface area contributed by atoms with Crippen molar-refractivity contribution < 1.29 is 18.0 Å². The van der Waals surface area contributed by atoms with Crippen LogP contribution in [0.2, 0.25) is 0 Å². The molecule has 0 spiro atoms. The molecule has 0 radical (unpaired) electrons. The monoisotopic (exact) mass is 563 g/mol. The number of nitrogens with zero attached hydrogens (tertiary/aromatic N) is 2. The van der Waals surface area contributed by atoms with Crippen LogP contribution in [-0.2, 0) is 32.6 Å². The van der Waals surface area contributed by atoms with Crippen LogP contribution >= 0.6 is 0 Å². The lowest BCUT2D eigenvalue weighted by Gasteiger charge is -2.34. The summed E-state index contributed by atoms with van der Waals surface area (Å²) >= 11 is 0. The van der Waals surface area contributed by atoms with Crippen molar-refractivity contribution >= 4 is 27.5 Å². The Bertz CT molecular complexity index is 1390. The van der Waals surface area contributed by atoms with E-state index in [0.29, 0.717) is 18.7 Å². The summed E-state index contributed by atoms with van der Waals surface area (Å²) in [5, 5.41) is 3.01. The van der Waals surface area contributed by atoms with Crippen LogP contribution in [0, 0.1) is 20.8 Å². The summed E-state index contributed by atoms with van der Waals surface area (Å²) < 4.78 is 27.2. The molecule has 40 heavy (non-hydrogen) atoms. The highest BCUT2D eigenvalue weighted by atomic mass is 32.2. The molecule has 0 saturated heterocycles. The molecular formula is C32H41N3O4S. The molecule has 0 fully saturated rings. The Morgan fingerprint density at radius 3 is 2.10 bits per heavy atom. The smallest absolute Gasteiger partial charge is 0.244 e. The lowest BCUT2D eigenvalue weighted by Crippen LogP contribution is -2.53. The number of rotatable bonds is 13. The molecule has 2 amide bonds. The van der Waals surface area contributed by atoms with Crippen molar-refractivity contribution in [2.24, 2.45) is 0 Å². The van der Waals surface area contributed by atoms with Crippen molar-refractivity contribution in [3.05, 3.63) is 101 Å². The maximum atomic E-state index is 14.2. The lowest BCUT2D eigenvalue weighted by molar-refractivity contribution is -0.140. The lowest BCUT2D eigenvalue weighted by atomic mass is 10.0. The molecule has 0 heterocycles. The molecule has 214 valence electrons. The van der Waals surface area contributed by atoms with Gasteiger partial charge in [0.1, 0.15) is 12.6 Å². The third-order valence-corrected chi connectivity index (χ3v) is 8.02. The minimum Gasteiger partial charge on any atom is -0.354 e. The number of aryl methyl sites for hydroxylation is 3. The van der Waals surface area contributed by atoms with E-state index in [1.165, 1.54) is 4.90 Å². The average molecular weight is 564 g/mol. The van der Waals surface area contributed by atoms with E-state index in [9.17, 15) is 18.0 Å². The fraction of sp³-hybridized carbons (Fsp3) is 0.375. The van der Waals surface area contributed by atoms with Crippen molar-refractivity contribution in [2.45, 2.75) is 59.5 Å². The molecule has 8 heteroatoms. The molecule has 0 aliphatic carbocycles. The second-order valence-electron chi connectivity index (χ2n) is 10.4. The van der Waals surface area contributed by atoms with Crippen LogP contribution in [0.3, 0.4) is 0 Å². The first-order valence-corrected chi connectivity index (χ1v) is 15.6. The van der Waals surface area contributed by atoms with E-state index in [1.54, 1.807) is 0 Å². The van der Waals surface area contributed by atoms with E-state index in [-0.39, 0.29) is 12.5 Å². The zero-order valence-corrected chi connectivity index (χ0v) is 25.0. The van der Waals surface area contributed by atoms with Crippen molar-refractivity contribution in [3.8, 4) is 0 Å². The molecule has 0 aliphatic heterocycles. The van der Waals surface area contributed by atoms with Crippen LogP contribution in [0.5, 0.6) is 0 Å². The Hall–Kier alpha value is -3.65. The first-order valence-electron chi connectivity index (χ1n) is 13.7. The number of carbonyl (C=O) groups is 2. The van der Waals surface area contributed by atoms with Gasteiger partial charge in [-0.15, -0.1) is 0 Å². The third-order valence-electron chi connectivity index (χ3n) is 6.90. The summed E-state index contributed by atoms with van der Waals surface area (Å²) in [4.78, 5) is 29.4. The van der Waals surface area contributed by atoms with Gasteiger partial charge in [-0.3, -0.25) is 13.9 Å². The predicted octanol–water partition coefficient (Wildman–Crippen LogP) is 4.93. The summed E-state index contributed by atoms with van der Waals surface area (Å²) in [5.41, 5.74) is 4.80. The van der Waals surface area contributed by atoms with Crippen LogP contribution in [0.25, 0.3) is 0 Å². The average Bonchev–Trinajstić information content (AvgIpc) is 2.90. The highest BCUT2D eigenvalue weighted by Gasteiger charge is 2.33. The molecule has 0 aromatic heterocycles. The number of unbranched alkanes of at least 4 members (excludes halogenated alkanes) is 1. The Balaban J connectivity index is 2.07. The number of carbonyl (C=O) groups excluding carboxylic acids is 2. The van der Waals surface area contributed by atoms with Crippen LogP contribution in [0.1, 0.15) is 47.6 Å². The van der Waals surface area contributed by atoms with E-state index in [0.717, 1.165) is 51.2 Å². The number of hydrogen-bond acceptors (Lipinski definition) is 4. The third kappa shape index (κ3) is 8.42. The summed E-state index contributed by atoms with van der Waals surface area (Å²) in [6.07, 6.45) is 3.16. The number of para-hydroxylation sites is 1. The zero-order valence-electron chi connectivity index (χ0n) is 24.2. The molecule has 3 aromatic carbocycles. The van der Waals surface area contributed by atoms with Gasteiger partial charge in [-0.25, -0.2) is 8.42 Å². The zero-order chi connectivity index (χ0) is 29.3. The van der Waals surface area contributed by atoms with Crippen molar-refractivity contribution in [1.29, 1.82) is 0 Å². The number of anilines is 1. The number of amides is 2. The predicted molar refractivity (Wildman–Crippen MR) is 162 cm³/mol. The first-order chi connectivity index (χ1) is 19.0. The molecule has 7 nitrogen and oxygen atoms in total. The summed E-state index contributed by atoms with van der Waals surface area (Å²) in [7, 11) is -3.81. The molecule has 1 unspecified atom stereocenters. The fourth-order valence-electron chi connectivity index (χ4n) is 4.84. The molecule has 1 atom stereocenters. The summed E-state index contributed by atoms with van der Waals surface area (Å²) in [5.74, 6) is -0.697. The van der Waals surface area contributed by atoms with E-state index < -0.39 is 28.5 Å². The van der Waals surface area contributed by atoms with Crippen LogP contribution in [-0.4, -0.2) is 50.5 Å². The standard InChI is InChI=1S/C32H41N3O4S/c1-6-7-19-33-32(37)29(21-27-16-9-8-10-17-27)34(22-28-18-11-13-24(2)20-28)30(36)23-35(40(5,38)39)31-25(3)14-12-15-26(31)4/h8-18,20,29H,6-7,19,21-23H2,1-5H3,(H,33,37). The Kier molecular flexibility index (Phi) is 10.9. The second-order valence-corrected chi connectivity index (χ2v) is 12.3. The SMILES string of the molecule is CCCCNC(=O)C(Cc1ccccc1)N(Cc1cccc(C)c1)C(=O)CN(c1c(C)cccc1C)S(C)(=O)=O. The van der Waals surface area contributed by atoms with Crippen molar-refractivity contribution in [3.63, 3.8) is 0 Å². The molecule has 0 bridgehead atoms. The Morgan fingerprint density at radius 1 is 0.875 bits per heavy atom.